The van der Waals surface area contributed by atoms with E-state index in [1.807, 2.05) is 28.0 Å². The van der Waals surface area contributed by atoms with Crippen molar-refractivity contribution in [2.45, 2.75) is 51.5 Å². The topological polar surface area (TPSA) is 43.9 Å². The van der Waals surface area contributed by atoms with Crippen molar-refractivity contribution in [3.05, 3.63) is 42.0 Å². The molecule has 3 rings (SSSR count). The van der Waals surface area contributed by atoms with Gasteiger partial charge in [-0.2, -0.15) is 0 Å². The van der Waals surface area contributed by atoms with Gasteiger partial charge in [-0.1, -0.05) is 68.2 Å². The van der Waals surface area contributed by atoms with E-state index in [-0.39, 0.29) is 24.4 Å². The predicted molar refractivity (Wildman–Crippen MR) is 117 cm³/mol. The fourth-order valence-electron chi connectivity index (χ4n) is 4.39. The maximum Gasteiger partial charge on any atom is 0.242 e. The number of nitrogens with zero attached hydrogens (tertiary/aromatic N) is 3. The monoisotopic (exact) mass is 397 g/mol. The van der Waals surface area contributed by atoms with Crippen molar-refractivity contribution < 1.29 is 9.59 Å². The molecule has 158 valence electrons. The molecule has 0 unspecified atom stereocenters. The highest BCUT2D eigenvalue weighted by atomic mass is 16.2. The molecule has 0 radical (unpaired) electrons. The van der Waals surface area contributed by atoms with Crippen molar-refractivity contribution in [2.24, 2.45) is 0 Å². The number of piperazine rings is 1. The molecule has 2 aliphatic rings. The van der Waals surface area contributed by atoms with Gasteiger partial charge in [-0.15, -0.1) is 0 Å². The lowest BCUT2D eigenvalue weighted by atomic mass is 10.1. The molecular weight excluding hydrogens is 362 g/mol. The van der Waals surface area contributed by atoms with Gasteiger partial charge < -0.3 is 9.80 Å². The molecule has 0 spiro atoms. The van der Waals surface area contributed by atoms with Gasteiger partial charge in [-0.05, 0) is 18.4 Å². The van der Waals surface area contributed by atoms with E-state index in [1.165, 1.54) is 18.4 Å². The lowest BCUT2D eigenvalue weighted by Gasteiger charge is -2.36. The van der Waals surface area contributed by atoms with E-state index in [2.05, 4.69) is 29.2 Å². The van der Waals surface area contributed by atoms with E-state index in [1.54, 1.807) is 6.92 Å². The Bertz CT molecular complexity index is 673. The van der Waals surface area contributed by atoms with Gasteiger partial charge in [0.15, 0.2) is 0 Å². The SMILES string of the molecule is CC(=O)N(CC(=O)N1CCN(C/C=C/c2ccccc2)CC1)C1CCCCCC1. The first kappa shape index (κ1) is 21.6. The standard InChI is InChI=1S/C24H35N3O2/c1-21(28)27(23-13-7-2-3-8-14-23)20-24(29)26-18-16-25(17-19-26)15-9-12-22-10-5-4-6-11-22/h4-6,9-12,23H,2-3,7-8,13-20H2,1H3/b12-9+. The molecule has 5 heteroatoms. The normalized spacial score (nSPS) is 19.3. The van der Waals surface area contributed by atoms with Crippen molar-refractivity contribution in [3.8, 4) is 0 Å². The molecule has 0 bridgehead atoms. The van der Waals surface area contributed by atoms with Gasteiger partial charge >= 0.3 is 0 Å². The largest absolute Gasteiger partial charge is 0.339 e. The second kappa shape index (κ2) is 11.1. The van der Waals surface area contributed by atoms with Gasteiger partial charge in [0.05, 0.1) is 6.54 Å². The Morgan fingerprint density at radius 2 is 1.66 bits per heavy atom. The van der Waals surface area contributed by atoms with Crippen LogP contribution in [0.4, 0.5) is 0 Å². The third-order valence-electron chi connectivity index (χ3n) is 6.17. The fraction of sp³-hybridized carbons (Fsp3) is 0.583. The van der Waals surface area contributed by atoms with E-state index in [9.17, 15) is 9.59 Å². The number of carbonyl (C=O) groups excluding carboxylic acids is 2. The van der Waals surface area contributed by atoms with Crippen molar-refractivity contribution in [1.82, 2.24) is 14.7 Å². The summed E-state index contributed by atoms with van der Waals surface area (Å²) < 4.78 is 0. The van der Waals surface area contributed by atoms with Crippen LogP contribution in [0.2, 0.25) is 0 Å². The third-order valence-corrected chi connectivity index (χ3v) is 6.17. The summed E-state index contributed by atoms with van der Waals surface area (Å²) in [7, 11) is 0. The van der Waals surface area contributed by atoms with Gasteiger partial charge in [0.2, 0.25) is 11.8 Å². The minimum Gasteiger partial charge on any atom is -0.339 e. The molecule has 0 atom stereocenters. The van der Waals surface area contributed by atoms with Crippen LogP contribution in [-0.2, 0) is 9.59 Å². The number of carbonyl (C=O) groups is 2. The molecule has 1 aromatic rings. The molecule has 0 N–H and O–H groups in total. The van der Waals surface area contributed by atoms with Gasteiger partial charge in [0, 0.05) is 45.7 Å². The van der Waals surface area contributed by atoms with Crippen molar-refractivity contribution in [2.75, 3.05) is 39.3 Å². The highest BCUT2D eigenvalue weighted by Gasteiger charge is 2.27. The van der Waals surface area contributed by atoms with E-state index in [0.29, 0.717) is 0 Å². The number of hydrogen-bond donors (Lipinski definition) is 0. The molecule has 29 heavy (non-hydrogen) atoms. The molecular formula is C24H35N3O2. The summed E-state index contributed by atoms with van der Waals surface area (Å²) in [5, 5.41) is 0. The molecule has 0 aromatic heterocycles. The maximum atomic E-state index is 12.8. The first-order valence-corrected chi connectivity index (χ1v) is 11.1. The Balaban J connectivity index is 1.44. The van der Waals surface area contributed by atoms with Crippen LogP contribution in [-0.4, -0.2) is 71.8 Å². The minimum absolute atomic E-state index is 0.0370. The number of amides is 2. The van der Waals surface area contributed by atoms with Crippen LogP contribution >= 0.6 is 0 Å². The molecule has 1 aliphatic carbocycles. The summed E-state index contributed by atoms with van der Waals surface area (Å²) >= 11 is 0. The smallest absolute Gasteiger partial charge is 0.242 e. The average molecular weight is 398 g/mol. The van der Waals surface area contributed by atoms with E-state index >= 15 is 0 Å². The average Bonchev–Trinajstić information content (AvgIpc) is 3.02. The zero-order valence-electron chi connectivity index (χ0n) is 17.8. The van der Waals surface area contributed by atoms with E-state index < -0.39 is 0 Å². The highest BCUT2D eigenvalue weighted by Crippen LogP contribution is 2.22. The van der Waals surface area contributed by atoms with E-state index in [0.717, 1.165) is 58.4 Å². The van der Waals surface area contributed by atoms with Crippen LogP contribution in [0, 0.1) is 0 Å². The zero-order valence-corrected chi connectivity index (χ0v) is 17.8. The van der Waals surface area contributed by atoms with Crippen molar-refractivity contribution in [3.63, 3.8) is 0 Å². The quantitative estimate of drug-likeness (QED) is 0.691. The molecule has 2 amide bonds. The summed E-state index contributed by atoms with van der Waals surface area (Å²) in [6.45, 7) is 6.01. The Morgan fingerprint density at radius 1 is 1.00 bits per heavy atom. The summed E-state index contributed by atoms with van der Waals surface area (Å²) in [6, 6.07) is 10.6. The lowest BCUT2D eigenvalue weighted by molar-refractivity contribution is -0.142. The van der Waals surface area contributed by atoms with Crippen LogP contribution in [0.15, 0.2) is 36.4 Å². The van der Waals surface area contributed by atoms with Gasteiger partial charge in [0.25, 0.3) is 0 Å². The Kier molecular flexibility index (Phi) is 8.29. The third kappa shape index (κ3) is 6.70. The number of hydrogen-bond acceptors (Lipinski definition) is 3. The van der Waals surface area contributed by atoms with Crippen molar-refractivity contribution >= 4 is 17.9 Å². The highest BCUT2D eigenvalue weighted by molar-refractivity contribution is 5.84. The summed E-state index contributed by atoms with van der Waals surface area (Å²) in [5.74, 6) is 0.138. The summed E-state index contributed by atoms with van der Waals surface area (Å²) in [5.41, 5.74) is 1.21. The van der Waals surface area contributed by atoms with Crippen LogP contribution < -0.4 is 0 Å². The Labute approximate surface area is 175 Å². The number of benzene rings is 1. The first-order chi connectivity index (χ1) is 14.1. The fourth-order valence-corrected chi connectivity index (χ4v) is 4.39. The van der Waals surface area contributed by atoms with Crippen molar-refractivity contribution in [1.29, 1.82) is 0 Å². The predicted octanol–water partition coefficient (Wildman–Crippen LogP) is 3.42. The number of rotatable bonds is 6. The van der Waals surface area contributed by atoms with Gasteiger partial charge in [-0.25, -0.2) is 0 Å². The molecule has 5 nitrogen and oxygen atoms in total. The molecule has 1 saturated heterocycles. The van der Waals surface area contributed by atoms with Crippen LogP contribution in [0.5, 0.6) is 0 Å². The van der Waals surface area contributed by atoms with E-state index in [4.69, 9.17) is 0 Å². The zero-order chi connectivity index (χ0) is 20.5. The second-order valence-corrected chi connectivity index (χ2v) is 8.29. The summed E-state index contributed by atoms with van der Waals surface area (Å²) in [4.78, 5) is 31.2. The lowest BCUT2D eigenvalue weighted by Crippen LogP contribution is -2.52. The molecule has 1 aromatic carbocycles. The Hall–Kier alpha value is -2.14. The maximum absolute atomic E-state index is 12.8. The van der Waals surface area contributed by atoms with Gasteiger partial charge in [0.1, 0.15) is 0 Å². The van der Waals surface area contributed by atoms with Crippen LogP contribution in [0.25, 0.3) is 6.08 Å². The van der Waals surface area contributed by atoms with Crippen LogP contribution in [0.1, 0.15) is 51.0 Å². The molecule has 1 saturated carbocycles. The second-order valence-electron chi connectivity index (χ2n) is 8.29. The van der Waals surface area contributed by atoms with Crippen LogP contribution in [0.3, 0.4) is 0 Å². The molecule has 1 heterocycles. The van der Waals surface area contributed by atoms with Gasteiger partial charge in [-0.3, -0.25) is 14.5 Å². The summed E-state index contributed by atoms with van der Waals surface area (Å²) in [6.07, 6.45) is 11.2. The molecule has 2 fully saturated rings. The Morgan fingerprint density at radius 3 is 2.28 bits per heavy atom. The minimum atomic E-state index is 0.0370. The molecule has 1 aliphatic heterocycles. The first-order valence-electron chi connectivity index (χ1n) is 11.1.